The third kappa shape index (κ3) is 3.64. The summed E-state index contributed by atoms with van der Waals surface area (Å²) in [7, 11) is 1.54. The second kappa shape index (κ2) is 6.95. The molecular weight excluding hydrogens is 296 g/mol. The maximum atomic E-state index is 11.8. The molecule has 0 spiro atoms. The SMILES string of the molecule is COCCNC(=O)Cn1nnc(C(=O)O)c1-c1cccs1. The van der Waals surface area contributed by atoms with Crippen LogP contribution in [0.25, 0.3) is 10.6 Å². The zero-order valence-corrected chi connectivity index (χ0v) is 12.1. The highest BCUT2D eigenvalue weighted by Gasteiger charge is 2.22. The number of methoxy groups -OCH3 is 1. The Morgan fingerprint density at radius 3 is 2.95 bits per heavy atom. The molecule has 0 saturated heterocycles. The van der Waals surface area contributed by atoms with Gasteiger partial charge in [-0.2, -0.15) is 0 Å². The molecule has 0 radical (unpaired) electrons. The third-order valence-corrected chi connectivity index (χ3v) is 3.49. The maximum Gasteiger partial charge on any atom is 0.358 e. The van der Waals surface area contributed by atoms with Gasteiger partial charge in [-0.1, -0.05) is 11.3 Å². The largest absolute Gasteiger partial charge is 0.476 e. The fraction of sp³-hybridized carbons (Fsp3) is 0.333. The van der Waals surface area contributed by atoms with Gasteiger partial charge >= 0.3 is 5.97 Å². The minimum absolute atomic E-state index is 0.1000. The summed E-state index contributed by atoms with van der Waals surface area (Å²) in [6.45, 7) is 0.683. The number of aromatic carboxylic acids is 1. The Balaban J connectivity index is 2.20. The molecule has 2 aromatic heterocycles. The van der Waals surface area contributed by atoms with Crippen LogP contribution in [0.15, 0.2) is 17.5 Å². The van der Waals surface area contributed by atoms with Crippen molar-refractivity contribution in [1.82, 2.24) is 20.3 Å². The molecule has 112 valence electrons. The van der Waals surface area contributed by atoms with Gasteiger partial charge in [0, 0.05) is 13.7 Å². The number of carboxylic acids is 1. The van der Waals surface area contributed by atoms with Gasteiger partial charge in [-0.3, -0.25) is 4.79 Å². The molecule has 2 rings (SSSR count). The first-order valence-corrected chi connectivity index (χ1v) is 6.97. The normalized spacial score (nSPS) is 10.5. The molecule has 0 atom stereocenters. The topological polar surface area (TPSA) is 106 Å². The van der Waals surface area contributed by atoms with E-state index in [1.807, 2.05) is 5.38 Å². The fourth-order valence-electron chi connectivity index (χ4n) is 1.71. The van der Waals surface area contributed by atoms with E-state index in [9.17, 15) is 9.59 Å². The summed E-state index contributed by atoms with van der Waals surface area (Å²) in [6.07, 6.45) is 0. The van der Waals surface area contributed by atoms with Crippen LogP contribution in [0.5, 0.6) is 0 Å². The molecular formula is C12H14N4O4S. The number of nitrogens with one attached hydrogen (secondary N) is 1. The minimum atomic E-state index is -1.18. The van der Waals surface area contributed by atoms with Crippen molar-refractivity contribution in [2.45, 2.75) is 6.54 Å². The highest BCUT2D eigenvalue weighted by Crippen LogP contribution is 2.26. The van der Waals surface area contributed by atoms with Crippen LogP contribution in [-0.4, -0.2) is 52.2 Å². The molecule has 0 fully saturated rings. The smallest absolute Gasteiger partial charge is 0.358 e. The maximum absolute atomic E-state index is 11.8. The number of amides is 1. The van der Waals surface area contributed by atoms with E-state index in [0.29, 0.717) is 23.7 Å². The van der Waals surface area contributed by atoms with E-state index in [1.165, 1.54) is 23.1 Å². The molecule has 2 N–H and O–H groups in total. The summed E-state index contributed by atoms with van der Waals surface area (Å²) in [5.74, 6) is -1.46. The van der Waals surface area contributed by atoms with Crippen molar-refractivity contribution in [3.8, 4) is 10.6 Å². The third-order valence-electron chi connectivity index (χ3n) is 2.61. The first-order valence-electron chi connectivity index (χ1n) is 6.09. The standard InChI is InChI=1S/C12H14N4O4S/c1-20-5-4-13-9(17)7-16-11(8-3-2-6-21-8)10(12(18)19)14-15-16/h2-3,6H,4-5,7H2,1H3,(H,13,17)(H,18,19). The first-order chi connectivity index (χ1) is 10.1. The van der Waals surface area contributed by atoms with Crippen molar-refractivity contribution in [2.24, 2.45) is 0 Å². The zero-order valence-electron chi connectivity index (χ0n) is 11.3. The zero-order chi connectivity index (χ0) is 15.2. The molecule has 0 saturated carbocycles. The van der Waals surface area contributed by atoms with Crippen LogP contribution in [-0.2, 0) is 16.1 Å². The van der Waals surface area contributed by atoms with Crippen LogP contribution in [0.3, 0.4) is 0 Å². The van der Waals surface area contributed by atoms with E-state index in [-0.39, 0.29) is 18.1 Å². The van der Waals surface area contributed by atoms with Gasteiger partial charge in [-0.05, 0) is 11.4 Å². The van der Waals surface area contributed by atoms with Crippen molar-refractivity contribution in [2.75, 3.05) is 20.3 Å². The lowest BCUT2D eigenvalue weighted by Gasteiger charge is -2.06. The van der Waals surface area contributed by atoms with E-state index >= 15 is 0 Å². The number of aromatic nitrogens is 3. The Morgan fingerprint density at radius 1 is 1.52 bits per heavy atom. The molecule has 9 heteroatoms. The second-order valence-corrected chi connectivity index (χ2v) is 5.02. The second-order valence-electron chi connectivity index (χ2n) is 4.07. The lowest BCUT2D eigenvalue weighted by atomic mass is 10.2. The Morgan fingerprint density at radius 2 is 2.33 bits per heavy atom. The number of rotatable bonds is 7. The highest BCUT2D eigenvalue weighted by molar-refractivity contribution is 7.13. The quantitative estimate of drug-likeness (QED) is 0.720. The Labute approximate surface area is 124 Å². The Bertz CT molecular complexity index is 623. The molecule has 2 aromatic rings. The van der Waals surface area contributed by atoms with Crippen molar-refractivity contribution in [3.05, 3.63) is 23.2 Å². The van der Waals surface area contributed by atoms with E-state index in [0.717, 1.165) is 0 Å². The van der Waals surface area contributed by atoms with Gasteiger partial charge in [0.2, 0.25) is 5.91 Å². The average molecular weight is 310 g/mol. The predicted molar refractivity (Wildman–Crippen MR) is 75.2 cm³/mol. The predicted octanol–water partition coefficient (Wildman–Crippen LogP) is 0.467. The summed E-state index contributed by atoms with van der Waals surface area (Å²) >= 11 is 1.36. The van der Waals surface area contributed by atoms with Gasteiger partial charge in [0.25, 0.3) is 0 Å². The van der Waals surface area contributed by atoms with E-state index in [1.54, 1.807) is 12.1 Å². The van der Waals surface area contributed by atoms with Crippen molar-refractivity contribution < 1.29 is 19.4 Å². The molecule has 1 amide bonds. The first kappa shape index (κ1) is 15.1. The van der Waals surface area contributed by atoms with Crippen LogP contribution in [0, 0.1) is 0 Å². The monoisotopic (exact) mass is 310 g/mol. The summed E-state index contributed by atoms with van der Waals surface area (Å²) in [6, 6.07) is 3.55. The van der Waals surface area contributed by atoms with E-state index in [2.05, 4.69) is 15.6 Å². The number of thiophene rings is 1. The van der Waals surface area contributed by atoms with E-state index in [4.69, 9.17) is 9.84 Å². The Hall–Kier alpha value is -2.26. The lowest BCUT2D eigenvalue weighted by molar-refractivity contribution is -0.122. The number of carbonyl (C=O) groups excluding carboxylic acids is 1. The fourth-order valence-corrected chi connectivity index (χ4v) is 2.48. The van der Waals surface area contributed by atoms with Crippen LogP contribution in [0.4, 0.5) is 0 Å². The number of hydrogen-bond acceptors (Lipinski definition) is 6. The molecule has 21 heavy (non-hydrogen) atoms. The van der Waals surface area contributed by atoms with Gasteiger partial charge in [0.05, 0.1) is 11.5 Å². The van der Waals surface area contributed by atoms with Crippen LogP contribution in [0.2, 0.25) is 0 Å². The number of hydrogen-bond donors (Lipinski definition) is 2. The Kier molecular flexibility index (Phi) is 5.01. The number of ether oxygens (including phenoxy) is 1. The number of carbonyl (C=O) groups is 2. The van der Waals surface area contributed by atoms with Gasteiger partial charge in [0.1, 0.15) is 12.2 Å². The van der Waals surface area contributed by atoms with Crippen LogP contribution in [0.1, 0.15) is 10.5 Å². The van der Waals surface area contributed by atoms with Gasteiger partial charge in [-0.25, -0.2) is 9.48 Å². The van der Waals surface area contributed by atoms with Crippen LogP contribution >= 0.6 is 11.3 Å². The summed E-state index contributed by atoms with van der Waals surface area (Å²) in [5, 5.41) is 21.0. The molecule has 0 aliphatic rings. The van der Waals surface area contributed by atoms with Gasteiger partial charge < -0.3 is 15.2 Å². The van der Waals surface area contributed by atoms with Crippen molar-refractivity contribution >= 4 is 23.2 Å². The van der Waals surface area contributed by atoms with E-state index < -0.39 is 5.97 Å². The molecule has 0 bridgehead atoms. The summed E-state index contributed by atoms with van der Waals surface area (Å²) < 4.78 is 6.12. The number of nitrogens with zero attached hydrogens (tertiary/aromatic N) is 3. The molecule has 8 nitrogen and oxygen atoms in total. The molecule has 2 heterocycles. The van der Waals surface area contributed by atoms with Crippen molar-refractivity contribution in [1.29, 1.82) is 0 Å². The average Bonchev–Trinajstić information content (AvgIpc) is 3.07. The van der Waals surface area contributed by atoms with Crippen LogP contribution < -0.4 is 5.32 Å². The molecule has 0 aromatic carbocycles. The van der Waals surface area contributed by atoms with Crippen molar-refractivity contribution in [3.63, 3.8) is 0 Å². The number of carboxylic acid groups (broad SMARTS) is 1. The molecule has 0 aliphatic carbocycles. The molecule has 0 unspecified atom stereocenters. The highest BCUT2D eigenvalue weighted by atomic mass is 32.1. The minimum Gasteiger partial charge on any atom is -0.476 e. The summed E-state index contributed by atoms with van der Waals surface area (Å²) in [5.41, 5.74) is 0.168. The molecule has 0 aliphatic heterocycles. The summed E-state index contributed by atoms with van der Waals surface area (Å²) in [4.78, 5) is 23.7. The van der Waals surface area contributed by atoms with Gasteiger partial charge in [-0.15, -0.1) is 16.4 Å². The van der Waals surface area contributed by atoms with Gasteiger partial charge in [0.15, 0.2) is 5.69 Å². The lowest BCUT2D eigenvalue weighted by Crippen LogP contribution is -2.30.